The predicted molar refractivity (Wildman–Crippen MR) is 68.6 cm³/mol. The van der Waals surface area contributed by atoms with Crippen LogP contribution in [0.3, 0.4) is 0 Å². The molecule has 0 aliphatic carbocycles. The lowest BCUT2D eigenvalue weighted by Gasteiger charge is -2.04. The van der Waals surface area contributed by atoms with Crippen molar-refractivity contribution >= 4 is 5.78 Å². The number of ketones is 1. The molecule has 0 bridgehead atoms. The Balaban J connectivity index is 2.27. The van der Waals surface area contributed by atoms with Crippen LogP contribution >= 0.6 is 0 Å². The molecule has 5 heteroatoms. The van der Waals surface area contributed by atoms with Gasteiger partial charge in [-0.15, -0.1) is 0 Å². The van der Waals surface area contributed by atoms with Gasteiger partial charge in [-0.05, 0) is 26.8 Å². The van der Waals surface area contributed by atoms with E-state index in [1.54, 1.807) is 16.9 Å². The number of aromatic nitrogens is 4. The summed E-state index contributed by atoms with van der Waals surface area (Å²) in [6.07, 6.45) is 2.05. The number of hydrogen-bond donors (Lipinski definition) is 0. The number of nitrogens with zero attached hydrogens (tertiary/aromatic N) is 4. The van der Waals surface area contributed by atoms with E-state index in [0.29, 0.717) is 18.7 Å². The Morgan fingerprint density at radius 1 is 1.39 bits per heavy atom. The summed E-state index contributed by atoms with van der Waals surface area (Å²) < 4.78 is 3.54. The number of aryl methyl sites for hydroxylation is 3. The summed E-state index contributed by atoms with van der Waals surface area (Å²) in [6.45, 7) is 6.61. The van der Waals surface area contributed by atoms with Crippen LogP contribution < -0.4 is 0 Å². The molecule has 0 saturated heterocycles. The highest BCUT2D eigenvalue weighted by atomic mass is 16.1. The minimum atomic E-state index is 0.0913. The standard InChI is InChI=1S/C13H18N4O/c1-5-17-12(6-7-14-17)13(18)8-11-9(2)15-16(4)10(11)3/h6-7H,5,8H2,1-4H3. The van der Waals surface area contributed by atoms with Gasteiger partial charge in [0.15, 0.2) is 5.78 Å². The highest BCUT2D eigenvalue weighted by Gasteiger charge is 2.17. The van der Waals surface area contributed by atoms with Crippen molar-refractivity contribution in [2.75, 3.05) is 0 Å². The van der Waals surface area contributed by atoms with Gasteiger partial charge in [-0.2, -0.15) is 10.2 Å². The Morgan fingerprint density at radius 2 is 2.11 bits per heavy atom. The van der Waals surface area contributed by atoms with Gasteiger partial charge in [0.2, 0.25) is 0 Å². The summed E-state index contributed by atoms with van der Waals surface area (Å²) in [5, 5.41) is 8.45. The Bertz CT molecular complexity index is 580. The van der Waals surface area contributed by atoms with Crippen LogP contribution in [0.15, 0.2) is 12.3 Å². The number of Topliss-reactive ketones (excluding diaryl/α,β-unsaturated/α-hetero) is 1. The Labute approximate surface area is 106 Å². The van der Waals surface area contributed by atoms with Crippen molar-refractivity contribution in [1.29, 1.82) is 0 Å². The summed E-state index contributed by atoms with van der Waals surface area (Å²) in [5.41, 5.74) is 3.65. The second-order valence-corrected chi connectivity index (χ2v) is 4.41. The monoisotopic (exact) mass is 246 g/mol. The minimum Gasteiger partial charge on any atom is -0.292 e. The van der Waals surface area contributed by atoms with Crippen molar-refractivity contribution < 1.29 is 4.79 Å². The first-order valence-corrected chi connectivity index (χ1v) is 6.08. The first kappa shape index (κ1) is 12.5. The Morgan fingerprint density at radius 3 is 2.67 bits per heavy atom. The molecule has 0 spiro atoms. The van der Waals surface area contributed by atoms with Gasteiger partial charge in [0.05, 0.1) is 5.69 Å². The summed E-state index contributed by atoms with van der Waals surface area (Å²) in [5.74, 6) is 0.0913. The second kappa shape index (κ2) is 4.76. The van der Waals surface area contributed by atoms with E-state index >= 15 is 0 Å². The lowest BCUT2D eigenvalue weighted by atomic mass is 10.1. The van der Waals surface area contributed by atoms with Gasteiger partial charge in [-0.25, -0.2) is 0 Å². The Hall–Kier alpha value is -1.91. The van der Waals surface area contributed by atoms with E-state index in [2.05, 4.69) is 10.2 Å². The molecular formula is C13H18N4O. The molecule has 2 aromatic heterocycles. The average Bonchev–Trinajstić information content (AvgIpc) is 2.90. The summed E-state index contributed by atoms with van der Waals surface area (Å²) in [4.78, 5) is 12.3. The zero-order chi connectivity index (χ0) is 13.3. The van der Waals surface area contributed by atoms with E-state index in [-0.39, 0.29) is 5.78 Å². The molecule has 0 atom stereocenters. The molecule has 0 radical (unpaired) electrons. The summed E-state index contributed by atoms with van der Waals surface area (Å²) in [6, 6.07) is 1.77. The van der Waals surface area contributed by atoms with E-state index in [1.807, 2.05) is 32.5 Å². The van der Waals surface area contributed by atoms with Crippen LogP contribution in [0.2, 0.25) is 0 Å². The van der Waals surface area contributed by atoms with Gasteiger partial charge in [-0.1, -0.05) is 0 Å². The van der Waals surface area contributed by atoms with Crippen molar-refractivity contribution in [3.8, 4) is 0 Å². The molecule has 18 heavy (non-hydrogen) atoms. The largest absolute Gasteiger partial charge is 0.292 e. The summed E-state index contributed by atoms with van der Waals surface area (Å²) in [7, 11) is 1.90. The van der Waals surface area contributed by atoms with Crippen molar-refractivity contribution in [2.45, 2.75) is 33.7 Å². The molecule has 2 rings (SSSR count). The molecule has 0 amide bonds. The van der Waals surface area contributed by atoms with Crippen molar-refractivity contribution in [3.63, 3.8) is 0 Å². The smallest absolute Gasteiger partial charge is 0.185 e. The molecule has 0 unspecified atom stereocenters. The van der Waals surface area contributed by atoms with Crippen molar-refractivity contribution in [2.24, 2.45) is 7.05 Å². The van der Waals surface area contributed by atoms with Gasteiger partial charge in [0.1, 0.15) is 5.69 Å². The average molecular weight is 246 g/mol. The molecule has 5 nitrogen and oxygen atoms in total. The maximum atomic E-state index is 12.3. The normalized spacial score (nSPS) is 10.9. The fraction of sp³-hybridized carbons (Fsp3) is 0.462. The number of hydrogen-bond acceptors (Lipinski definition) is 3. The molecule has 2 aromatic rings. The van der Waals surface area contributed by atoms with Gasteiger partial charge < -0.3 is 0 Å². The highest BCUT2D eigenvalue weighted by molar-refractivity contribution is 5.96. The fourth-order valence-electron chi connectivity index (χ4n) is 2.15. The van der Waals surface area contributed by atoms with Crippen LogP contribution in [0.1, 0.15) is 34.4 Å². The third kappa shape index (κ3) is 2.08. The lowest BCUT2D eigenvalue weighted by Crippen LogP contribution is -2.12. The molecule has 0 aliphatic heterocycles. The van der Waals surface area contributed by atoms with Crippen molar-refractivity contribution in [1.82, 2.24) is 19.6 Å². The van der Waals surface area contributed by atoms with Gasteiger partial charge >= 0.3 is 0 Å². The molecule has 0 saturated carbocycles. The van der Waals surface area contributed by atoms with Crippen LogP contribution in [0.25, 0.3) is 0 Å². The molecule has 0 N–H and O–H groups in total. The molecule has 0 fully saturated rings. The lowest BCUT2D eigenvalue weighted by molar-refractivity contribution is 0.0982. The van der Waals surface area contributed by atoms with E-state index in [9.17, 15) is 4.79 Å². The quantitative estimate of drug-likeness (QED) is 0.771. The maximum absolute atomic E-state index is 12.3. The molecule has 0 aromatic carbocycles. The van der Waals surface area contributed by atoms with Crippen molar-refractivity contribution in [3.05, 3.63) is 34.9 Å². The van der Waals surface area contributed by atoms with Crippen LogP contribution in [0.5, 0.6) is 0 Å². The third-order valence-electron chi connectivity index (χ3n) is 3.30. The first-order chi connectivity index (χ1) is 8.54. The first-order valence-electron chi connectivity index (χ1n) is 6.08. The Kier molecular flexibility index (Phi) is 3.32. The molecule has 96 valence electrons. The van der Waals surface area contributed by atoms with Gasteiger partial charge in [0, 0.05) is 37.5 Å². The number of rotatable bonds is 4. The van der Waals surface area contributed by atoms with E-state index in [4.69, 9.17) is 0 Å². The van der Waals surface area contributed by atoms with Gasteiger partial charge in [-0.3, -0.25) is 14.2 Å². The molecule has 2 heterocycles. The second-order valence-electron chi connectivity index (χ2n) is 4.41. The topological polar surface area (TPSA) is 52.7 Å². The van der Waals surface area contributed by atoms with E-state index < -0.39 is 0 Å². The third-order valence-corrected chi connectivity index (χ3v) is 3.30. The van der Waals surface area contributed by atoms with Crippen LogP contribution in [-0.4, -0.2) is 25.3 Å². The molecular weight excluding hydrogens is 228 g/mol. The van der Waals surface area contributed by atoms with E-state index in [0.717, 1.165) is 17.0 Å². The SMILES string of the molecule is CCn1nccc1C(=O)Cc1c(C)nn(C)c1C. The van der Waals surface area contributed by atoms with Crippen LogP contribution in [0.4, 0.5) is 0 Å². The maximum Gasteiger partial charge on any atom is 0.185 e. The minimum absolute atomic E-state index is 0.0913. The predicted octanol–water partition coefficient (Wildman–Crippen LogP) is 1.68. The van der Waals surface area contributed by atoms with E-state index in [1.165, 1.54) is 0 Å². The zero-order valence-corrected chi connectivity index (χ0v) is 11.3. The summed E-state index contributed by atoms with van der Waals surface area (Å²) >= 11 is 0. The fourth-order valence-corrected chi connectivity index (χ4v) is 2.15. The van der Waals surface area contributed by atoms with Gasteiger partial charge in [0.25, 0.3) is 0 Å². The highest BCUT2D eigenvalue weighted by Crippen LogP contribution is 2.15. The zero-order valence-electron chi connectivity index (χ0n) is 11.3. The number of carbonyl (C=O) groups is 1. The van der Waals surface area contributed by atoms with Crippen LogP contribution in [0, 0.1) is 13.8 Å². The van der Waals surface area contributed by atoms with Crippen LogP contribution in [-0.2, 0) is 20.0 Å². The molecule has 0 aliphatic rings. The number of carbonyl (C=O) groups excluding carboxylic acids is 1.